The number of carbonyl (C=O) groups excluding carboxylic acids is 1. The Balaban J connectivity index is 2.65. The molecule has 0 unspecified atom stereocenters. The van der Waals surface area contributed by atoms with E-state index in [0.29, 0.717) is 22.4 Å². The zero-order valence-corrected chi connectivity index (χ0v) is 17.9. The molecule has 0 saturated carbocycles. The van der Waals surface area contributed by atoms with Crippen molar-refractivity contribution in [3.63, 3.8) is 0 Å². The van der Waals surface area contributed by atoms with E-state index in [4.69, 9.17) is 9.26 Å². The van der Waals surface area contributed by atoms with E-state index in [9.17, 15) is 9.36 Å². The number of ether oxygens (including phenoxy) is 1. The molecule has 1 aromatic carbocycles. The van der Waals surface area contributed by atoms with Crippen LogP contribution in [0.4, 0.5) is 0 Å². The van der Waals surface area contributed by atoms with Gasteiger partial charge in [0, 0.05) is 0 Å². The summed E-state index contributed by atoms with van der Waals surface area (Å²) < 4.78 is 24.5. The molecular weight excluding hydrogens is 440 g/mol. The molecule has 1 rings (SSSR count). The molecule has 2 atom stereocenters. The van der Waals surface area contributed by atoms with Crippen LogP contribution < -0.4 is 30.8 Å². The van der Waals surface area contributed by atoms with Gasteiger partial charge in [-0.25, -0.2) is 0 Å². The van der Waals surface area contributed by atoms with Crippen molar-refractivity contribution in [2.75, 3.05) is 15.7 Å². The predicted molar refractivity (Wildman–Crippen MR) is 93.1 cm³/mol. The van der Waals surface area contributed by atoms with Gasteiger partial charge in [0.25, 0.3) is 0 Å². The van der Waals surface area contributed by atoms with Gasteiger partial charge in [-0.2, -0.15) is 0 Å². The summed E-state index contributed by atoms with van der Waals surface area (Å²) in [5, 5.41) is 2.89. The molecule has 0 amide bonds. The summed E-state index contributed by atoms with van der Waals surface area (Å²) in [5.74, 6) is 0.534. The Labute approximate surface area is 155 Å². The van der Waals surface area contributed by atoms with E-state index in [-0.39, 0.29) is 27.2 Å². The van der Waals surface area contributed by atoms with Gasteiger partial charge in [-0.1, -0.05) is 0 Å². The Bertz CT molecular complexity index is 537. The molecule has 0 spiro atoms. The van der Waals surface area contributed by atoms with Crippen LogP contribution in [0.15, 0.2) is 30.3 Å². The molecule has 138 valence electrons. The monoisotopic (exact) mass is 468 g/mol. The Kier molecular flexibility index (Phi) is 9.93. The van der Waals surface area contributed by atoms with Crippen LogP contribution in [0.25, 0.3) is 0 Å². The average molecular weight is 468 g/mol. The van der Waals surface area contributed by atoms with Crippen molar-refractivity contribution in [3.05, 3.63) is 30.3 Å². The third-order valence-corrected chi connectivity index (χ3v) is 10.2. The number of rotatable bonds is 11. The maximum absolute atomic E-state index is 13.0. The van der Waals surface area contributed by atoms with Crippen molar-refractivity contribution in [2.24, 2.45) is 5.92 Å². The summed E-state index contributed by atoms with van der Waals surface area (Å²) in [6, 6.07) is 8.39. The van der Waals surface area contributed by atoms with Gasteiger partial charge in [0.05, 0.1) is 0 Å². The Hall–Kier alpha value is -0.590. The van der Waals surface area contributed by atoms with E-state index in [1.165, 1.54) is 0 Å². The van der Waals surface area contributed by atoms with Crippen molar-refractivity contribution in [3.8, 4) is 5.75 Å². The molecule has 7 heteroatoms. The Morgan fingerprint density at radius 3 is 2.42 bits per heavy atom. The first-order chi connectivity index (χ1) is 11.4. The maximum atomic E-state index is 13.0. The molecule has 0 radical (unpaired) electrons. The van der Waals surface area contributed by atoms with E-state index < -0.39 is 13.6 Å². The van der Waals surface area contributed by atoms with Crippen LogP contribution in [0.3, 0.4) is 0 Å². The fraction of sp³-hybridized carbons (Fsp3) is 0.588. The van der Waals surface area contributed by atoms with Gasteiger partial charge in [0.2, 0.25) is 0 Å². The summed E-state index contributed by atoms with van der Waals surface area (Å²) >= 11 is -0.260. The first kappa shape index (κ1) is 21.5. The van der Waals surface area contributed by atoms with Gasteiger partial charge >= 0.3 is 156 Å². The SMILES string of the molecule is CCC(CC)COC(=O)[C@H](C)N[P@](=O)(C[I-]C)Oc1ccccc1. The fourth-order valence-electron chi connectivity index (χ4n) is 2.09. The fourth-order valence-corrected chi connectivity index (χ4v) is 7.44. The molecule has 0 aromatic heterocycles. The van der Waals surface area contributed by atoms with Crippen molar-refractivity contribution in [1.29, 1.82) is 0 Å². The molecule has 0 heterocycles. The second-order valence-electron chi connectivity index (χ2n) is 5.63. The number of benzene rings is 1. The van der Waals surface area contributed by atoms with E-state index in [2.05, 4.69) is 18.9 Å². The molecule has 1 aromatic rings. The first-order valence-corrected chi connectivity index (χ1v) is 13.6. The van der Waals surface area contributed by atoms with Crippen LogP contribution in [0.5, 0.6) is 5.75 Å². The third kappa shape index (κ3) is 7.53. The van der Waals surface area contributed by atoms with Crippen LogP contribution in [-0.4, -0.2) is 27.7 Å². The number of para-hydroxylation sites is 1. The molecular formula is C17H28INO4P-. The zero-order chi connectivity index (χ0) is 18.0. The van der Waals surface area contributed by atoms with Crippen molar-refractivity contribution < 1.29 is 39.8 Å². The molecule has 0 bridgehead atoms. The second kappa shape index (κ2) is 11.1. The number of carbonyl (C=O) groups is 1. The standard InChI is InChI=1S/C17H28INO4P/c1-5-15(6-2)12-22-17(20)14(3)19-24(21,13-18-4)23-16-10-8-7-9-11-16/h7-11,14-15H,5-6,12-13H2,1-4H3,(H,19,21)/q-1/t14-,24-/m0/s1. The predicted octanol–water partition coefficient (Wildman–Crippen LogP) is 0.892. The molecule has 0 saturated heterocycles. The minimum atomic E-state index is -3.11. The van der Waals surface area contributed by atoms with Crippen molar-refractivity contribution in [2.45, 2.75) is 39.7 Å². The van der Waals surface area contributed by atoms with Crippen LogP contribution in [0.2, 0.25) is 0 Å². The number of hydrogen-bond acceptors (Lipinski definition) is 4. The van der Waals surface area contributed by atoms with Crippen LogP contribution in [-0.2, 0) is 14.1 Å². The van der Waals surface area contributed by atoms with E-state index in [1.807, 2.05) is 23.1 Å². The van der Waals surface area contributed by atoms with Gasteiger partial charge in [0.15, 0.2) is 0 Å². The average Bonchev–Trinajstić information content (AvgIpc) is 2.56. The number of esters is 1. The summed E-state index contributed by atoms with van der Waals surface area (Å²) in [6.45, 7) is 6.24. The van der Waals surface area contributed by atoms with Crippen LogP contribution in [0, 0.1) is 5.92 Å². The molecule has 0 fully saturated rings. The molecule has 0 aliphatic heterocycles. The summed E-state index contributed by atoms with van der Waals surface area (Å²) in [6.07, 6.45) is 1.95. The summed E-state index contributed by atoms with van der Waals surface area (Å²) in [7, 11) is -3.11. The van der Waals surface area contributed by atoms with Crippen LogP contribution >= 0.6 is 7.52 Å². The van der Waals surface area contributed by atoms with Crippen molar-refractivity contribution >= 4 is 13.5 Å². The van der Waals surface area contributed by atoms with E-state index in [0.717, 1.165) is 12.8 Å². The van der Waals surface area contributed by atoms with Crippen LogP contribution in [0.1, 0.15) is 33.6 Å². The second-order valence-corrected chi connectivity index (χ2v) is 11.2. The number of halogens is 1. The minimum absolute atomic E-state index is 0.260. The molecule has 1 N–H and O–H groups in total. The molecule has 0 aliphatic rings. The molecule has 5 nitrogen and oxygen atoms in total. The Morgan fingerprint density at radius 2 is 1.88 bits per heavy atom. The topological polar surface area (TPSA) is 64.6 Å². The van der Waals surface area contributed by atoms with E-state index in [1.54, 1.807) is 19.1 Å². The Morgan fingerprint density at radius 1 is 1.25 bits per heavy atom. The normalized spacial score (nSPS) is 15.0. The number of alkyl halides is 2. The summed E-state index contributed by atoms with van der Waals surface area (Å²) in [5.41, 5.74) is 0. The van der Waals surface area contributed by atoms with Gasteiger partial charge in [-0.05, 0) is 0 Å². The van der Waals surface area contributed by atoms with E-state index >= 15 is 0 Å². The third-order valence-electron chi connectivity index (χ3n) is 3.63. The molecule has 0 aliphatic carbocycles. The van der Waals surface area contributed by atoms with Gasteiger partial charge in [-0.15, -0.1) is 0 Å². The quantitative estimate of drug-likeness (QED) is 0.226. The van der Waals surface area contributed by atoms with Gasteiger partial charge < -0.3 is 0 Å². The van der Waals surface area contributed by atoms with Gasteiger partial charge in [0.1, 0.15) is 0 Å². The van der Waals surface area contributed by atoms with Gasteiger partial charge in [-0.3, -0.25) is 0 Å². The van der Waals surface area contributed by atoms with Crippen molar-refractivity contribution in [1.82, 2.24) is 5.09 Å². The number of nitrogens with one attached hydrogen (secondary N) is 1. The zero-order valence-electron chi connectivity index (χ0n) is 14.8. The number of hydrogen-bond donors (Lipinski definition) is 1. The summed E-state index contributed by atoms with van der Waals surface area (Å²) in [4.78, 5) is 14.2. The first-order valence-electron chi connectivity index (χ1n) is 8.16. The molecule has 24 heavy (non-hydrogen) atoms.